The molecular weight excluding hydrogens is 350 g/mol. The third-order valence-corrected chi connectivity index (χ3v) is 5.58. The molecule has 1 unspecified atom stereocenters. The maximum absolute atomic E-state index is 12.2. The number of aromatic nitrogens is 2. The third-order valence-electron chi connectivity index (χ3n) is 5.58. The Morgan fingerprint density at radius 2 is 2.11 bits per heavy atom. The normalized spacial score (nSPS) is 17.1. The van der Waals surface area contributed by atoms with Crippen molar-refractivity contribution >= 4 is 22.8 Å². The minimum Gasteiger partial charge on any atom is -0.338 e. The van der Waals surface area contributed by atoms with Gasteiger partial charge in [0.25, 0.3) is 0 Å². The molecule has 1 aliphatic heterocycles. The Bertz CT molecular complexity index is 980. The van der Waals surface area contributed by atoms with E-state index in [0.717, 1.165) is 29.4 Å². The number of urea groups is 1. The highest BCUT2D eigenvalue weighted by molar-refractivity contribution is 6.00. The Kier molecular flexibility index (Phi) is 5.30. The Hall–Kier alpha value is -2.86. The topological polar surface area (TPSA) is 73.1 Å². The number of anilines is 1. The Morgan fingerprint density at radius 3 is 2.89 bits per heavy atom. The van der Waals surface area contributed by atoms with Crippen LogP contribution in [0.4, 0.5) is 10.6 Å². The van der Waals surface area contributed by atoms with Crippen molar-refractivity contribution in [3.05, 3.63) is 48.0 Å². The molecule has 3 N–H and O–H groups in total. The lowest BCUT2D eigenvalue weighted by molar-refractivity contribution is 0.248. The number of likely N-dealkylation sites (tertiary alicyclic amines) is 1. The van der Waals surface area contributed by atoms with Crippen molar-refractivity contribution < 1.29 is 4.79 Å². The molecule has 1 aliphatic rings. The summed E-state index contributed by atoms with van der Waals surface area (Å²) >= 11 is 0. The second kappa shape index (κ2) is 8.02. The zero-order chi connectivity index (χ0) is 19.5. The lowest BCUT2D eigenvalue weighted by Crippen LogP contribution is -2.34. The van der Waals surface area contributed by atoms with Crippen molar-refractivity contribution in [2.75, 3.05) is 25.5 Å². The SMILES string of the molecule is Cc1cccc(-c2ccc3c(NC(=O)NCCC4CCCN4C)n[nH]c3c2)c1. The smallest absolute Gasteiger partial charge is 0.320 e. The van der Waals surface area contributed by atoms with E-state index in [1.54, 1.807) is 0 Å². The molecule has 2 amide bonds. The Balaban J connectivity index is 1.39. The van der Waals surface area contributed by atoms with Gasteiger partial charge in [-0.1, -0.05) is 35.9 Å². The molecule has 0 bridgehead atoms. The minimum atomic E-state index is -0.211. The van der Waals surface area contributed by atoms with Crippen LogP contribution in [0.5, 0.6) is 0 Å². The van der Waals surface area contributed by atoms with Crippen molar-refractivity contribution in [3.63, 3.8) is 0 Å². The standard InChI is InChI=1S/C22H27N5O/c1-15-5-3-6-16(13-15)17-8-9-19-20(14-17)25-26-21(19)24-22(28)23-11-10-18-7-4-12-27(18)2/h3,5-6,8-9,13-14,18H,4,7,10-12H2,1-2H3,(H3,23,24,25,26,28). The van der Waals surface area contributed by atoms with Gasteiger partial charge in [0.05, 0.1) is 5.52 Å². The summed E-state index contributed by atoms with van der Waals surface area (Å²) in [4.78, 5) is 14.6. The number of hydrogen-bond acceptors (Lipinski definition) is 3. The summed E-state index contributed by atoms with van der Waals surface area (Å²) in [6.45, 7) is 3.91. The van der Waals surface area contributed by atoms with Crippen LogP contribution in [0.25, 0.3) is 22.0 Å². The molecular formula is C22H27N5O. The van der Waals surface area contributed by atoms with E-state index in [9.17, 15) is 4.79 Å². The van der Waals surface area contributed by atoms with Crippen LogP contribution >= 0.6 is 0 Å². The highest BCUT2D eigenvalue weighted by atomic mass is 16.2. The lowest BCUT2D eigenvalue weighted by atomic mass is 10.0. The van der Waals surface area contributed by atoms with Crippen LogP contribution in [0, 0.1) is 6.92 Å². The Morgan fingerprint density at radius 1 is 1.25 bits per heavy atom. The molecule has 1 aromatic heterocycles. The van der Waals surface area contributed by atoms with Gasteiger partial charge < -0.3 is 10.2 Å². The summed E-state index contributed by atoms with van der Waals surface area (Å²) in [5, 5.41) is 14.0. The predicted molar refractivity (Wildman–Crippen MR) is 114 cm³/mol. The molecule has 6 nitrogen and oxygen atoms in total. The minimum absolute atomic E-state index is 0.211. The van der Waals surface area contributed by atoms with E-state index < -0.39 is 0 Å². The number of nitrogens with one attached hydrogen (secondary N) is 3. The van der Waals surface area contributed by atoms with Crippen LogP contribution < -0.4 is 10.6 Å². The highest BCUT2D eigenvalue weighted by Crippen LogP contribution is 2.27. The van der Waals surface area contributed by atoms with E-state index in [1.807, 2.05) is 6.07 Å². The van der Waals surface area contributed by atoms with Gasteiger partial charge in [-0.2, -0.15) is 5.10 Å². The number of carbonyl (C=O) groups excluding carboxylic acids is 1. The summed E-state index contributed by atoms with van der Waals surface area (Å²) in [6.07, 6.45) is 3.44. The van der Waals surface area contributed by atoms with Crippen LogP contribution in [0.2, 0.25) is 0 Å². The van der Waals surface area contributed by atoms with Crippen LogP contribution in [-0.4, -0.2) is 47.3 Å². The summed E-state index contributed by atoms with van der Waals surface area (Å²) in [5.74, 6) is 0.557. The quantitative estimate of drug-likeness (QED) is 0.625. The molecule has 6 heteroatoms. The average Bonchev–Trinajstić information content (AvgIpc) is 3.28. The van der Waals surface area contributed by atoms with E-state index in [-0.39, 0.29) is 6.03 Å². The molecule has 28 heavy (non-hydrogen) atoms. The first kappa shape index (κ1) is 18.5. The third kappa shape index (κ3) is 4.02. The number of amides is 2. The zero-order valence-corrected chi connectivity index (χ0v) is 16.5. The molecule has 1 fully saturated rings. The second-order valence-electron chi connectivity index (χ2n) is 7.65. The predicted octanol–water partition coefficient (Wildman–Crippen LogP) is 4.14. The zero-order valence-electron chi connectivity index (χ0n) is 16.5. The number of carbonyl (C=O) groups is 1. The van der Waals surface area contributed by atoms with Gasteiger partial charge in [-0.3, -0.25) is 10.4 Å². The van der Waals surface area contributed by atoms with Crippen LogP contribution in [0.1, 0.15) is 24.8 Å². The molecule has 0 spiro atoms. The fourth-order valence-corrected chi connectivity index (χ4v) is 3.97. The first-order valence-electron chi connectivity index (χ1n) is 9.90. The van der Waals surface area contributed by atoms with E-state index in [0.29, 0.717) is 18.4 Å². The van der Waals surface area contributed by atoms with Crippen molar-refractivity contribution in [2.24, 2.45) is 0 Å². The van der Waals surface area contributed by atoms with Crippen LogP contribution in [0.15, 0.2) is 42.5 Å². The first-order chi connectivity index (χ1) is 13.6. The van der Waals surface area contributed by atoms with E-state index in [4.69, 9.17) is 0 Å². The van der Waals surface area contributed by atoms with Crippen molar-refractivity contribution in [2.45, 2.75) is 32.2 Å². The highest BCUT2D eigenvalue weighted by Gasteiger charge is 2.20. The monoisotopic (exact) mass is 377 g/mol. The average molecular weight is 377 g/mol. The molecule has 146 valence electrons. The number of fused-ring (bicyclic) bond motifs is 1. The second-order valence-corrected chi connectivity index (χ2v) is 7.65. The fraction of sp³-hybridized carbons (Fsp3) is 0.364. The molecule has 0 saturated carbocycles. The van der Waals surface area contributed by atoms with E-state index in [2.05, 4.69) is 76.1 Å². The lowest BCUT2D eigenvalue weighted by Gasteiger charge is -2.19. The van der Waals surface area contributed by atoms with Crippen LogP contribution in [0.3, 0.4) is 0 Å². The van der Waals surface area contributed by atoms with Crippen LogP contribution in [-0.2, 0) is 0 Å². The van der Waals surface area contributed by atoms with Crippen molar-refractivity contribution in [1.82, 2.24) is 20.4 Å². The van der Waals surface area contributed by atoms with Gasteiger partial charge in [0.15, 0.2) is 5.82 Å². The number of benzene rings is 2. The molecule has 2 aromatic carbocycles. The van der Waals surface area contributed by atoms with Gasteiger partial charge >= 0.3 is 6.03 Å². The van der Waals surface area contributed by atoms with Crippen molar-refractivity contribution in [1.29, 1.82) is 0 Å². The molecule has 1 atom stereocenters. The molecule has 3 aromatic rings. The molecule has 1 saturated heterocycles. The summed E-state index contributed by atoms with van der Waals surface area (Å²) in [7, 11) is 2.15. The van der Waals surface area contributed by atoms with Gasteiger partial charge in [-0.05, 0) is 63.0 Å². The van der Waals surface area contributed by atoms with E-state index in [1.165, 1.54) is 24.0 Å². The van der Waals surface area contributed by atoms with Gasteiger partial charge in [0.1, 0.15) is 0 Å². The molecule has 0 radical (unpaired) electrons. The molecule has 2 heterocycles. The maximum atomic E-state index is 12.2. The van der Waals surface area contributed by atoms with Gasteiger partial charge in [-0.25, -0.2) is 4.79 Å². The first-order valence-corrected chi connectivity index (χ1v) is 9.90. The van der Waals surface area contributed by atoms with Gasteiger partial charge in [0, 0.05) is 18.0 Å². The van der Waals surface area contributed by atoms with Gasteiger partial charge in [-0.15, -0.1) is 0 Å². The summed E-state index contributed by atoms with van der Waals surface area (Å²) in [5.41, 5.74) is 4.42. The number of rotatable bonds is 5. The summed E-state index contributed by atoms with van der Waals surface area (Å²) < 4.78 is 0. The number of nitrogens with zero attached hydrogens (tertiary/aromatic N) is 2. The maximum Gasteiger partial charge on any atom is 0.320 e. The van der Waals surface area contributed by atoms with E-state index >= 15 is 0 Å². The number of H-pyrrole nitrogens is 1. The van der Waals surface area contributed by atoms with Gasteiger partial charge in [0.2, 0.25) is 0 Å². The number of hydrogen-bond donors (Lipinski definition) is 3. The Labute approximate surface area is 165 Å². The number of aryl methyl sites for hydroxylation is 1. The number of aromatic amines is 1. The summed E-state index contributed by atoms with van der Waals surface area (Å²) in [6, 6.07) is 14.9. The molecule has 4 rings (SSSR count). The molecule has 0 aliphatic carbocycles. The fourth-order valence-electron chi connectivity index (χ4n) is 3.97. The van der Waals surface area contributed by atoms with Crippen molar-refractivity contribution in [3.8, 4) is 11.1 Å². The largest absolute Gasteiger partial charge is 0.338 e.